The van der Waals surface area contributed by atoms with E-state index in [4.69, 9.17) is 16.3 Å². The molecule has 5 heteroatoms. The first kappa shape index (κ1) is 13.8. The molecule has 1 aromatic rings. The molecule has 0 aliphatic carbocycles. The second-order valence-corrected chi connectivity index (χ2v) is 4.22. The molecule has 0 aliphatic rings. The summed E-state index contributed by atoms with van der Waals surface area (Å²) in [5.74, 6) is 0. The standard InChI is InChI=1S/C12H17ClN2O2/c1-9(7-8-17-2)14-12(16)15-11-5-3-10(13)4-6-11/h3-6,9H,7-8H2,1-2H3,(H2,14,15,16)/t9-/m1/s1. The van der Waals surface area contributed by atoms with Crippen molar-refractivity contribution in [1.29, 1.82) is 0 Å². The molecule has 17 heavy (non-hydrogen) atoms. The van der Waals surface area contributed by atoms with Gasteiger partial charge in [-0.3, -0.25) is 0 Å². The molecule has 0 bridgehead atoms. The van der Waals surface area contributed by atoms with Crippen molar-refractivity contribution < 1.29 is 9.53 Å². The van der Waals surface area contributed by atoms with Crippen molar-refractivity contribution in [3.63, 3.8) is 0 Å². The topological polar surface area (TPSA) is 50.4 Å². The molecule has 0 fully saturated rings. The van der Waals surface area contributed by atoms with E-state index in [9.17, 15) is 4.79 Å². The Labute approximate surface area is 106 Å². The first-order valence-electron chi connectivity index (χ1n) is 5.44. The van der Waals surface area contributed by atoms with Gasteiger partial charge in [-0.2, -0.15) is 0 Å². The summed E-state index contributed by atoms with van der Waals surface area (Å²) in [5.41, 5.74) is 0.714. The van der Waals surface area contributed by atoms with Gasteiger partial charge in [0, 0.05) is 30.5 Å². The number of urea groups is 1. The van der Waals surface area contributed by atoms with Crippen LogP contribution in [0.2, 0.25) is 5.02 Å². The number of hydrogen-bond donors (Lipinski definition) is 2. The Morgan fingerprint density at radius 3 is 2.65 bits per heavy atom. The lowest BCUT2D eigenvalue weighted by atomic mass is 10.2. The number of halogens is 1. The van der Waals surface area contributed by atoms with Gasteiger partial charge in [0.15, 0.2) is 0 Å². The van der Waals surface area contributed by atoms with Gasteiger partial charge in [-0.05, 0) is 37.6 Å². The van der Waals surface area contributed by atoms with Crippen molar-refractivity contribution in [3.8, 4) is 0 Å². The van der Waals surface area contributed by atoms with Crippen LogP contribution in [0.4, 0.5) is 10.5 Å². The molecular weight excluding hydrogens is 240 g/mol. The van der Waals surface area contributed by atoms with Gasteiger partial charge in [0.2, 0.25) is 0 Å². The third-order valence-corrected chi connectivity index (χ3v) is 2.49. The lowest BCUT2D eigenvalue weighted by molar-refractivity contribution is 0.185. The summed E-state index contributed by atoms with van der Waals surface area (Å²) in [5, 5.41) is 6.18. The second-order valence-electron chi connectivity index (χ2n) is 3.79. The van der Waals surface area contributed by atoms with Gasteiger partial charge < -0.3 is 15.4 Å². The lowest BCUT2D eigenvalue weighted by Crippen LogP contribution is -2.36. The smallest absolute Gasteiger partial charge is 0.319 e. The van der Waals surface area contributed by atoms with Gasteiger partial charge >= 0.3 is 6.03 Å². The Balaban J connectivity index is 2.36. The molecule has 0 unspecified atom stereocenters. The van der Waals surface area contributed by atoms with Crippen LogP contribution in [0, 0.1) is 0 Å². The first-order valence-corrected chi connectivity index (χ1v) is 5.81. The monoisotopic (exact) mass is 256 g/mol. The number of rotatable bonds is 5. The molecule has 0 heterocycles. The van der Waals surface area contributed by atoms with Crippen LogP contribution in [-0.2, 0) is 4.74 Å². The van der Waals surface area contributed by atoms with Crippen LogP contribution in [0.3, 0.4) is 0 Å². The van der Waals surface area contributed by atoms with E-state index in [1.54, 1.807) is 31.4 Å². The fourth-order valence-corrected chi connectivity index (χ4v) is 1.42. The highest BCUT2D eigenvalue weighted by Gasteiger charge is 2.06. The average molecular weight is 257 g/mol. The van der Waals surface area contributed by atoms with E-state index in [-0.39, 0.29) is 12.1 Å². The van der Waals surface area contributed by atoms with E-state index >= 15 is 0 Å². The van der Waals surface area contributed by atoms with Crippen molar-refractivity contribution in [3.05, 3.63) is 29.3 Å². The summed E-state index contributed by atoms with van der Waals surface area (Å²) in [4.78, 5) is 11.6. The van der Waals surface area contributed by atoms with Gasteiger partial charge in [0.1, 0.15) is 0 Å². The Bertz CT molecular complexity index is 354. The molecule has 1 rings (SSSR count). The molecule has 2 N–H and O–H groups in total. The predicted octanol–water partition coefficient (Wildman–Crippen LogP) is 2.89. The quantitative estimate of drug-likeness (QED) is 0.851. The molecule has 4 nitrogen and oxygen atoms in total. The normalized spacial score (nSPS) is 11.9. The maximum Gasteiger partial charge on any atom is 0.319 e. The molecule has 2 amide bonds. The number of nitrogens with one attached hydrogen (secondary N) is 2. The van der Waals surface area contributed by atoms with Gasteiger partial charge in [0.05, 0.1) is 0 Å². The molecule has 0 spiro atoms. The van der Waals surface area contributed by atoms with Crippen LogP contribution >= 0.6 is 11.6 Å². The molecular formula is C12H17ClN2O2. The number of carbonyl (C=O) groups excluding carboxylic acids is 1. The van der Waals surface area contributed by atoms with Gasteiger partial charge in [-0.25, -0.2) is 4.79 Å². The van der Waals surface area contributed by atoms with Crippen molar-refractivity contribution >= 4 is 23.3 Å². The SMILES string of the molecule is COCC[C@@H](C)NC(=O)Nc1ccc(Cl)cc1. The number of ether oxygens (including phenoxy) is 1. The average Bonchev–Trinajstić information content (AvgIpc) is 2.29. The zero-order valence-corrected chi connectivity index (χ0v) is 10.8. The Morgan fingerprint density at radius 2 is 2.06 bits per heavy atom. The molecule has 0 radical (unpaired) electrons. The highest BCUT2D eigenvalue weighted by molar-refractivity contribution is 6.30. The van der Waals surface area contributed by atoms with Crippen molar-refractivity contribution in [2.75, 3.05) is 19.0 Å². The minimum atomic E-state index is -0.226. The maximum absolute atomic E-state index is 11.6. The number of carbonyl (C=O) groups is 1. The van der Waals surface area contributed by atoms with Gasteiger partial charge in [-0.15, -0.1) is 0 Å². The first-order chi connectivity index (χ1) is 8.11. The minimum Gasteiger partial charge on any atom is -0.385 e. The van der Waals surface area contributed by atoms with Crippen molar-refractivity contribution in [2.24, 2.45) is 0 Å². The molecule has 0 saturated heterocycles. The molecule has 94 valence electrons. The highest BCUT2D eigenvalue weighted by atomic mass is 35.5. The van der Waals surface area contributed by atoms with Crippen LogP contribution in [0.1, 0.15) is 13.3 Å². The second kappa shape index (κ2) is 7.14. The summed E-state index contributed by atoms with van der Waals surface area (Å²) in [7, 11) is 1.64. The highest BCUT2D eigenvalue weighted by Crippen LogP contribution is 2.13. The number of anilines is 1. The summed E-state index contributed by atoms with van der Waals surface area (Å²) >= 11 is 5.75. The van der Waals surface area contributed by atoms with Crippen LogP contribution in [0.5, 0.6) is 0 Å². The van der Waals surface area contributed by atoms with E-state index in [1.807, 2.05) is 6.92 Å². The van der Waals surface area contributed by atoms with Gasteiger partial charge in [0.25, 0.3) is 0 Å². The van der Waals surface area contributed by atoms with E-state index < -0.39 is 0 Å². The van der Waals surface area contributed by atoms with E-state index in [2.05, 4.69) is 10.6 Å². The van der Waals surface area contributed by atoms with E-state index in [0.29, 0.717) is 17.3 Å². The van der Waals surface area contributed by atoms with Gasteiger partial charge in [-0.1, -0.05) is 11.6 Å². The van der Waals surface area contributed by atoms with E-state index in [1.165, 1.54) is 0 Å². The van der Waals surface area contributed by atoms with Crippen molar-refractivity contribution in [1.82, 2.24) is 5.32 Å². The van der Waals surface area contributed by atoms with Crippen LogP contribution < -0.4 is 10.6 Å². The lowest BCUT2D eigenvalue weighted by Gasteiger charge is -2.14. The number of methoxy groups -OCH3 is 1. The third-order valence-electron chi connectivity index (χ3n) is 2.23. The minimum absolute atomic E-state index is 0.0715. The largest absolute Gasteiger partial charge is 0.385 e. The molecule has 0 saturated carbocycles. The number of benzene rings is 1. The molecule has 0 aromatic heterocycles. The Morgan fingerprint density at radius 1 is 1.41 bits per heavy atom. The summed E-state index contributed by atoms with van der Waals surface area (Å²) in [6, 6.07) is 6.80. The van der Waals surface area contributed by atoms with Crippen molar-refractivity contribution in [2.45, 2.75) is 19.4 Å². The number of amides is 2. The molecule has 0 aliphatic heterocycles. The zero-order chi connectivity index (χ0) is 12.7. The fourth-order valence-electron chi connectivity index (χ4n) is 1.29. The predicted molar refractivity (Wildman–Crippen MR) is 69.6 cm³/mol. The third kappa shape index (κ3) is 5.56. The Kier molecular flexibility index (Phi) is 5.80. The molecule has 1 aromatic carbocycles. The number of hydrogen-bond acceptors (Lipinski definition) is 2. The van der Waals surface area contributed by atoms with Crippen LogP contribution in [0.15, 0.2) is 24.3 Å². The summed E-state index contributed by atoms with van der Waals surface area (Å²) < 4.78 is 4.94. The fraction of sp³-hybridized carbons (Fsp3) is 0.417. The Hall–Kier alpha value is -1.26. The maximum atomic E-state index is 11.6. The molecule has 1 atom stereocenters. The zero-order valence-electron chi connectivity index (χ0n) is 10.00. The van der Waals surface area contributed by atoms with Crippen LogP contribution in [0.25, 0.3) is 0 Å². The van der Waals surface area contributed by atoms with Crippen LogP contribution in [-0.4, -0.2) is 25.8 Å². The summed E-state index contributed by atoms with van der Waals surface area (Å²) in [6.45, 7) is 2.56. The van der Waals surface area contributed by atoms with E-state index in [0.717, 1.165) is 6.42 Å². The summed E-state index contributed by atoms with van der Waals surface area (Å²) in [6.07, 6.45) is 0.782.